The van der Waals surface area contributed by atoms with Crippen molar-refractivity contribution in [3.8, 4) is 0 Å². The van der Waals surface area contributed by atoms with Crippen LogP contribution in [0, 0.1) is 0 Å². The fraction of sp³-hybridized carbons (Fsp3) is 0.375. The zero-order chi connectivity index (χ0) is 12.2. The second kappa shape index (κ2) is 5.77. The van der Waals surface area contributed by atoms with Gasteiger partial charge in [0, 0.05) is 18.3 Å². The van der Waals surface area contributed by atoms with E-state index in [2.05, 4.69) is 59.5 Å². The van der Waals surface area contributed by atoms with Crippen LogP contribution in [0.1, 0.15) is 18.4 Å². The maximum absolute atomic E-state index is 3.71. The standard InChI is InChI=1S/C16H19NS/c1-2-9-16-13(5-1)6-3-7-14(16)11-17-15-8-4-10-18-12-15/h1-3,5-7,9,15,17H,4,8,10-12H2. The van der Waals surface area contributed by atoms with Gasteiger partial charge in [0.1, 0.15) is 0 Å². The van der Waals surface area contributed by atoms with E-state index >= 15 is 0 Å². The van der Waals surface area contributed by atoms with Gasteiger partial charge < -0.3 is 5.32 Å². The molecule has 3 rings (SSSR count). The Labute approximate surface area is 113 Å². The van der Waals surface area contributed by atoms with Gasteiger partial charge in [0.05, 0.1) is 0 Å². The van der Waals surface area contributed by atoms with Crippen molar-refractivity contribution < 1.29 is 0 Å². The highest BCUT2D eigenvalue weighted by Gasteiger charge is 2.13. The van der Waals surface area contributed by atoms with Crippen molar-refractivity contribution >= 4 is 22.5 Å². The van der Waals surface area contributed by atoms with Gasteiger partial charge in [-0.1, -0.05) is 42.5 Å². The number of thioether (sulfide) groups is 1. The molecule has 18 heavy (non-hydrogen) atoms. The summed E-state index contributed by atoms with van der Waals surface area (Å²) in [5.41, 5.74) is 1.42. The fourth-order valence-corrected chi connectivity index (χ4v) is 3.71. The van der Waals surface area contributed by atoms with Gasteiger partial charge in [-0.25, -0.2) is 0 Å². The lowest BCUT2D eigenvalue weighted by Crippen LogP contribution is -2.33. The Bertz CT molecular complexity index is 512. The van der Waals surface area contributed by atoms with E-state index in [1.54, 1.807) is 0 Å². The lowest BCUT2D eigenvalue weighted by molar-refractivity contribution is 0.509. The molecule has 1 aliphatic heterocycles. The van der Waals surface area contributed by atoms with E-state index in [1.165, 1.54) is 40.7 Å². The average molecular weight is 257 g/mol. The Morgan fingerprint density at radius 3 is 2.89 bits per heavy atom. The molecule has 1 nitrogen and oxygen atoms in total. The normalized spacial score (nSPS) is 20.1. The van der Waals surface area contributed by atoms with Crippen molar-refractivity contribution in [1.29, 1.82) is 0 Å². The summed E-state index contributed by atoms with van der Waals surface area (Å²) in [6.07, 6.45) is 2.69. The van der Waals surface area contributed by atoms with Crippen molar-refractivity contribution in [3.05, 3.63) is 48.0 Å². The van der Waals surface area contributed by atoms with Crippen molar-refractivity contribution in [2.24, 2.45) is 0 Å². The maximum Gasteiger partial charge on any atom is 0.0214 e. The van der Waals surface area contributed by atoms with E-state index in [-0.39, 0.29) is 0 Å². The summed E-state index contributed by atoms with van der Waals surface area (Å²) in [6, 6.07) is 15.9. The molecule has 0 aromatic heterocycles. The van der Waals surface area contributed by atoms with Gasteiger partial charge in [0.2, 0.25) is 0 Å². The highest BCUT2D eigenvalue weighted by atomic mass is 32.2. The molecule has 1 heterocycles. The second-order valence-electron chi connectivity index (χ2n) is 4.93. The molecule has 1 saturated heterocycles. The Balaban J connectivity index is 1.74. The molecule has 0 saturated carbocycles. The van der Waals surface area contributed by atoms with Crippen LogP contribution in [0.4, 0.5) is 0 Å². The Morgan fingerprint density at radius 2 is 2.00 bits per heavy atom. The molecule has 94 valence electrons. The van der Waals surface area contributed by atoms with E-state index in [4.69, 9.17) is 0 Å². The van der Waals surface area contributed by atoms with Crippen LogP contribution in [0.2, 0.25) is 0 Å². The minimum Gasteiger partial charge on any atom is -0.309 e. The van der Waals surface area contributed by atoms with Gasteiger partial charge in [-0.3, -0.25) is 0 Å². The van der Waals surface area contributed by atoms with E-state index in [9.17, 15) is 0 Å². The monoisotopic (exact) mass is 257 g/mol. The van der Waals surface area contributed by atoms with E-state index in [1.807, 2.05) is 0 Å². The molecule has 0 radical (unpaired) electrons. The molecule has 1 aliphatic rings. The molecular formula is C16H19NS. The van der Waals surface area contributed by atoms with Crippen LogP contribution >= 0.6 is 11.8 Å². The lowest BCUT2D eigenvalue weighted by atomic mass is 10.0. The molecule has 1 fully saturated rings. The number of nitrogens with one attached hydrogen (secondary N) is 1. The van der Waals surface area contributed by atoms with Gasteiger partial charge in [-0.15, -0.1) is 0 Å². The molecule has 0 bridgehead atoms. The predicted octanol–water partition coefficient (Wildman–Crippen LogP) is 3.83. The van der Waals surface area contributed by atoms with Gasteiger partial charge in [0.15, 0.2) is 0 Å². The fourth-order valence-electron chi connectivity index (χ4n) is 2.60. The maximum atomic E-state index is 3.71. The first kappa shape index (κ1) is 12.1. The summed E-state index contributed by atoms with van der Waals surface area (Å²) in [5.74, 6) is 2.61. The first-order valence-corrected chi connectivity index (χ1v) is 7.87. The van der Waals surface area contributed by atoms with Crippen LogP contribution < -0.4 is 5.32 Å². The van der Waals surface area contributed by atoms with Crippen molar-refractivity contribution in [3.63, 3.8) is 0 Å². The first-order chi connectivity index (χ1) is 8.93. The lowest BCUT2D eigenvalue weighted by Gasteiger charge is -2.22. The van der Waals surface area contributed by atoms with Crippen LogP contribution in [0.15, 0.2) is 42.5 Å². The molecular weight excluding hydrogens is 238 g/mol. The average Bonchev–Trinajstić information content (AvgIpc) is 2.46. The number of hydrogen-bond donors (Lipinski definition) is 1. The summed E-state index contributed by atoms with van der Waals surface area (Å²) >= 11 is 2.08. The van der Waals surface area contributed by atoms with Crippen LogP contribution in [-0.4, -0.2) is 17.5 Å². The SMILES string of the molecule is c1ccc2c(CNC3CCCSC3)cccc2c1. The number of benzene rings is 2. The Hall–Kier alpha value is -0.990. The topological polar surface area (TPSA) is 12.0 Å². The second-order valence-corrected chi connectivity index (χ2v) is 6.08. The van der Waals surface area contributed by atoms with Crippen molar-refractivity contribution in [2.75, 3.05) is 11.5 Å². The number of fused-ring (bicyclic) bond motifs is 1. The first-order valence-electron chi connectivity index (χ1n) is 6.71. The molecule has 1 unspecified atom stereocenters. The highest BCUT2D eigenvalue weighted by Crippen LogP contribution is 2.20. The van der Waals surface area contributed by atoms with E-state index < -0.39 is 0 Å². The predicted molar refractivity (Wildman–Crippen MR) is 81.1 cm³/mol. The third kappa shape index (κ3) is 2.70. The molecule has 0 amide bonds. The zero-order valence-corrected chi connectivity index (χ0v) is 11.4. The smallest absolute Gasteiger partial charge is 0.0214 e. The quantitative estimate of drug-likeness (QED) is 0.897. The molecule has 0 spiro atoms. The van der Waals surface area contributed by atoms with E-state index in [0.717, 1.165) is 6.54 Å². The zero-order valence-electron chi connectivity index (χ0n) is 10.6. The molecule has 2 heteroatoms. The van der Waals surface area contributed by atoms with Gasteiger partial charge >= 0.3 is 0 Å². The molecule has 2 aromatic rings. The van der Waals surface area contributed by atoms with Gasteiger partial charge in [-0.05, 0) is 34.9 Å². The third-order valence-corrected chi connectivity index (χ3v) is 4.84. The summed E-state index contributed by atoms with van der Waals surface area (Å²) in [4.78, 5) is 0. The van der Waals surface area contributed by atoms with Crippen LogP contribution in [-0.2, 0) is 6.54 Å². The molecule has 0 aliphatic carbocycles. The number of rotatable bonds is 3. The summed E-state index contributed by atoms with van der Waals surface area (Å²) in [5, 5.41) is 6.44. The highest BCUT2D eigenvalue weighted by molar-refractivity contribution is 7.99. The van der Waals surface area contributed by atoms with Crippen molar-refractivity contribution in [1.82, 2.24) is 5.32 Å². The largest absolute Gasteiger partial charge is 0.309 e. The minimum atomic E-state index is 0.697. The summed E-state index contributed by atoms with van der Waals surface area (Å²) in [7, 11) is 0. The molecule has 1 atom stereocenters. The van der Waals surface area contributed by atoms with Gasteiger partial charge in [0.25, 0.3) is 0 Å². The number of hydrogen-bond acceptors (Lipinski definition) is 2. The molecule has 1 N–H and O–H groups in total. The Kier molecular flexibility index (Phi) is 3.87. The van der Waals surface area contributed by atoms with Gasteiger partial charge in [-0.2, -0.15) is 11.8 Å². The van der Waals surface area contributed by atoms with Crippen LogP contribution in [0.5, 0.6) is 0 Å². The van der Waals surface area contributed by atoms with Crippen LogP contribution in [0.25, 0.3) is 10.8 Å². The summed E-state index contributed by atoms with van der Waals surface area (Å²) in [6.45, 7) is 0.993. The Morgan fingerprint density at radius 1 is 1.11 bits per heavy atom. The molecule has 2 aromatic carbocycles. The van der Waals surface area contributed by atoms with Crippen LogP contribution in [0.3, 0.4) is 0 Å². The van der Waals surface area contributed by atoms with E-state index in [0.29, 0.717) is 6.04 Å². The van der Waals surface area contributed by atoms with Crippen molar-refractivity contribution in [2.45, 2.75) is 25.4 Å². The third-order valence-electron chi connectivity index (χ3n) is 3.62. The summed E-state index contributed by atoms with van der Waals surface area (Å²) < 4.78 is 0. The minimum absolute atomic E-state index is 0.697.